The van der Waals surface area contributed by atoms with Crippen molar-refractivity contribution in [2.75, 3.05) is 7.11 Å². The second-order valence-electron chi connectivity index (χ2n) is 3.23. The van der Waals surface area contributed by atoms with E-state index in [1.54, 1.807) is 7.11 Å². The average molecular weight is 199 g/mol. The Labute approximate surface area is 84.7 Å². The van der Waals surface area contributed by atoms with Crippen LogP contribution in [-0.4, -0.2) is 7.11 Å². The summed E-state index contributed by atoms with van der Waals surface area (Å²) in [5.74, 6) is 1.37. The minimum absolute atomic E-state index is 0.535. The van der Waals surface area contributed by atoms with Gasteiger partial charge in [-0.3, -0.25) is 0 Å². The highest BCUT2D eigenvalue weighted by atomic mass is 35.5. The van der Waals surface area contributed by atoms with Crippen LogP contribution < -0.4 is 4.74 Å². The smallest absolute Gasteiger partial charge is 0.120 e. The van der Waals surface area contributed by atoms with Gasteiger partial charge >= 0.3 is 0 Å². The van der Waals surface area contributed by atoms with Gasteiger partial charge in [-0.2, -0.15) is 0 Å². The van der Waals surface area contributed by atoms with E-state index in [9.17, 15) is 0 Å². The molecule has 0 saturated carbocycles. The molecule has 1 aromatic rings. The summed E-state index contributed by atoms with van der Waals surface area (Å²) in [6.07, 6.45) is 1.11. The van der Waals surface area contributed by atoms with E-state index in [1.165, 1.54) is 5.56 Å². The number of halogens is 1. The van der Waals surface area contributed by atoms with Crippen molar-refractivity contribution in [2.24, 2.45) is 0 Å². The standard InChI is InChI=1S/C11H15ClO/c1-4-8(2)9-5-10(12)7-11(6-9)13-3/h5-8H,4H2,1-3H3. The van der Waals surface area contributed by atoms with Crippen LogP contribution in [0.2, 0.25) is 5.02 Å². The maximum Gasteiger partial charge on any atom is 0.120 e. The molecule has 72 valence electrons. The molecule has 0 aliphatic carbocycles. The molecular formula is C11H15ClO. The van der Waals surface area contributed by atoms with Crippen molar-refractivity contribution in [2.45, 2.75) is 26.2 Å². The van der Waals surface area contributed by atoms with E-state index in [1.807, 2.05) is 18.2 Å². The van der Waals surface area contributed by atoms with Crippen molar-refractivity contribution >= 4 is 11.6 Å². The summed E-state index contributed by atoms with van der Waals surface area (Å²) in [6, 6.07) is 5.87. The van der Waals surface area contributed by atoms with E-state index >= 15 is 0 Å². The zero-order valence-electron chi connectivity index (χ0n) is 8.30. The number of hydrogen-bond donors (Lipinski definition) is 0. The van der Waals surface area contributed by atoms with Crippen LogP contribution in [0.25, 0.3) is 0 Å². The van der Waals surface area contributed by atoms with E-state index in [0.29, 0.717) is 5.92 Å². The largest absolute Gasteiger partial charge is 0.497 e. The number of ether oxygens (including phenoxy) is 1. The molecule has 1 atom stereocenters. The van der Waals surface area contributed by atoms with Gasteiger partial charge in [0.15, 0.2) is 0 Å². The fraction of sp³-hybridized carbons (Fsp3) is 0.455. The molecule has 0 bridgehead atoms. The lowest BCUT2D eigenvalue weighted by Gasteiger charge is -2.11. The van der Waals surface area contributed by atoms with E-state index < -0.39 is 0 Å². The van der Waals surface area contributed by atoms with Gasteiger partial charge in [0.2, 0.25) is 0 Å². The molecule has 0 aromatic heterocycles. The molecule has 0 aliphatic rings. The summed E-state index contributed by atoms with van der Waals surface area (Å²) in [5, 5.41) is 0.745. The Morgan fingerprint density at radius 1 is 1.38 bits per heavy atom. The molecule has 0 heterocycles. The van der Waals surface area contributed by atoms with Crippen LogP contribution in [0.4, 0.5) is 0 Å². The Kier molecular flexibility index (Phi) is 3.61. The summed E-state index contributed by atoms with van der Waals surface area (Å²) in [5.41, 5.74) is 1.24. The van der Waals surface area contributed by atoms with Gasteiger partial charge in [0.25, 0.3) is 0 Å². The molecule has 0 N–H and O–H groups in total. The van der Waals surface area contributed by atoms with Crippen LogP contribution in [0.1, 0.15) is 31.7 Å². The van der Waals surface area contributed by atoms with Gasteiger partial charge in [0, 0.05) is 5.02 Å². The molecule has 1 rings (SSSR count). The molecule has 13 heavy (non-hydrogen) atoms. The second-order valence-corrected chi connectivity index (χ2v) is 3.67. The van der Waals surface area contributed by atoms with Gasteiger partial charge < -0.3 is 4.74 Å². The number of benzene rings is 1. The molecular weight excluding hydrogens is 184 g/mol. The highest BCUT2D eigenvalue weighted by Crippen LogP contribution is 2.27. The van der Waals surface area contributed by atoms with Gasteiger partial charge in [-0.25, -0.2) is 0 Å². The predicted molar refractivity (Wildman–Crippen MR) is 56.7 cm³/mol. The Morgan fingerprint density at radius 3 is 2.62 bits per heavy atom. The first-order valence-corrected chi connectivity index (χ1v) is 4.89. The monoisotopic (exact) mass is 198 g/mol. The molecule has 0 saturated heterocycles. The topological polar surface area (TPSA) is 9.23 Å². The molecule has 0 spiro atoms. The van der Waals surface area contributed by atoms with Crippen LogP contribution >= 0.6 is 11.6 Å². The molecule has 0 fully saturated rings. The van der Waals surface area contributed by atoms with Gasteiger partial charge in [-0.1, -0.05) is 25.4 Å². The van der Waals surface area contributed by atoms with Crippen LogP contribution in [0, 0.1) is 0 Å². The molecule has 2 heteroatoms. The number of hydrogen-bond acceptors (Lipinski definition) is 1. The van der Waals surface area contributed by atoms with Crippen molar-refractivity contribution in [3.8, 4) is 5.75 Å². The third-order valence-electron chi connectivity index (χ3n) is 2.31. The Hall–Kier alpha value is -0.690. The summed E-state index contributed by atoms with van der Waals surface area (Å²) in [7, 11) is 1.66. The minimum Gasteiger partial charge on any atom is -0.497 e. The maximum atomic E-state index is 5.95. The lowest BCUT2D eigenvalue weighted by molar-refractivity contribution is 0.414. The lowest BCUT2D eigenvalue weighted by atomic mass is 9.99. The van der Waals surface area contributed by atoms with Gasteiger partial charge in [-0.05, 0) is 36.1 Å². The summed E-state index contributed by atoms with van der Waals surface area (Å²) < 4.78 is 5.15. The molecule has 0 radical (unpaired) electrons. The van der Waals surface area contributed by atoms with Crippen LogP contribution in [-0.2, 0) is 0 Å². The van der Waals surface area contributed by atoms with E-state index in [2.05, 4.69) is 13.8 Å². The summed E-state index contributed by atoms with van der Waals surface area (Å²) >= 11 is 5.95. The SMILES string of the molecule is CCC(C)c1cc(Cl)cc(OC)c1. The summed E-state index contributed by atoms with van der Waals surface area (Å²) in [4.78, 5) is 0. The summed E-state index contributed by atoms with van der Waals surface area (Å²) in [6.45, 7) is 4.35. The number of rotatable bonds is 3. The second kappa shape index (κ2) is 4.52. The first-order valence-electron chi connectivity index (χ1n) is 4.51. The first-order chi connectivity index (χ1) is 6.17. The van der Waals surface area contributed by atoms with Crippen molar-refractivity contribution in [3.05, 3.63) is 28.8 Å². The quantitative estimate of drug-likeness (QED) is 0.717. The van der Waals surface area contributed by atoms with Crippen molar-refractivity contribution < 1.29 is 4.74 Å². The molecule has 0 aliphatic heterocycles. The van der Waals surface area contributed by atoms with Crippen LogP contribution in [0.15, 0.2) is 18.2 Å². The van der Waals surface area contributed by atoms with Crippen molar-refractivity contribution in [1.82, 2.24) is 0 Å². The Balaban J connectivity index is 3.01. The average Bonchev–Trinajstić information content (AvgIpc) is 2.15. The maximum absolute atomic E-state index is 5.95. The fourth-order valence-corrected chi connectivity index (χ4v) is 1.46. The molecule has 1 aromatic carbocycles. The number of methoxy groups -OCH3 is 1. The Morgan fingerprint density at radius 2 is 2.08 bits per heavy atom. The first kappa shape index (κ1) is 10.4. The third-order valence-corrected chi connectivity index (χ3v) is 2.53. The molecule has 0 amide bonds. The highest BCUT2D eigenvalue weighted by Gasteiger charge is 2.05. The van der Waals surface area contributed by atoms with E-state index in [0.717, 1.165) is 17.2 Å². The van der Waals surface area contributed by atoms with Gasteiger partial charge in [-0.15, -0.1) is 0 Å². The highest BCUT2D eigenvalue weighted by molar-refractivity contribution is 6.30. The third kappa shape index (κ3) is 2.63. The van der Waals surface area contributed by atoms with E-state index in [-0.39, 0.29) is 0 Å². The van der Waals surface area contributed by atoms with E-state index in [4.69, 9.17) is 16.3 Å². The molecule has 1 nitrogen and oxygen atoms in total. The van der Waals surface area contributed by atoms with Crippen molar-refractivity contribution in [3.63, 3.8) is 0 Å². The van der Waals surface area contributed by atoms with Crippen LogP contribution in [0.3, 0.4) is 0 Å². The van der Waals surface area contributed by atoms with Gasteiger partial charge in [0.1, 0.15) is 5.75 Å². The normalized spacial score (nSPS) is 12.6. The molecule has 1 unspecified atom stereocenters. The zero-order chi connectivity index (χ0) is 9.84. The van der Waals surface area contributed by atoms with Crippen LogP contribution in [0.5, 0.6) is 5.75 Å². The van der Waals surface area contributed by atoms with Crippen molar-refractivity contribution in [1.29, 1.82) is 0 Å². The Bertz CT molecular complexity index is 283. The minimum atomic E-state index is 0.535. The van der Waals surface area contributed by atoms with Gasteiger partial charge in [0.05, 0.1) is 7.11 Å². The fourth-order valence-electron chi connectivity index (χ4n) is 1.22. The predicted octanol–water partition coefficient (Wildman–Crippen LogP) is 3.86. The lowest BCUT2D eigenvalue weighted by Crippen LogP contribution is -1.92. The zero-order valence-corrected chi connectivity index (χ0v) is 9.06.